The first-order valence-electron chi connectivity index (χ1n) is 14.2. The smallest absolute Gasteiger partial charge is 0.0972 e. The third-order valence-electron chi connectivity index (χ3n) is 8.99. The summed E-state index contributed by atoms with van der Waals surface area (Å²) in [6.45, 7) is 2.32. The van der Waals surface area contributed by atoms with Crippen LogP contribution in [0.2, 0.25) is 0 Å². The van der Waals surface area contributed by atoms with Crippen molar-refractivity contribution in [3.8, 4) is 22.5 Å². The Morgan fingerprint density at radius 1 is 0.700 bits per heavy atom. The van der Waals surface area contributed by atoms with Crippen molar-refractivity contribution in [1.82, 2.24) is 19.9 Å². The van der Waals surface area contributed by atoms with E-state index in [2.05, 4.69) is 109 Å². The van der Waals surface area contributed by atoms with Gasteiger partial charge in [0.15, 0.2) is 0 Å². The van der Waals surface area contributed by atoms with Crippen molar-refractivity contribution in [1.29, 1.82) is 0 Å². The lowest BCUT2D eigenvalue weighted by Gasteiger charge is -2.41. The summed E-state index contributed by atoms with van der Waals surface area (Å²) < 4.78 is 0. The average molecular weight is 519 g/mol. The minimum absolute atomic E-state index is 0.295. The van der Waals surface area contributed by atoms with Crippen molar-refractivity contribution in [3.05, 3.63) is 114 Å². The lowest BCUT2D eigenvalue weighted by Crippen LogP contribution is -2.39. The van der Waals surface area contributed by atoms with Gasteiger partial charge in [-0.15, -0.1) is 0 Å². The van der Waals surface area contributed by atoms with Crippen LogP contribution in [0.15, 0.2) is 103 Å². The predicted molar refractivity (Wildman–Crippen MR) is 164 cm³/mol. The van der Waals surface area contributed by atoms with E-state index in [1.165, 1.54) is 27.6 Å². The Kier molecular flexibility index (Phi) is 5.32. The van der Waals surface area contributed by atoms with Gasteiger partial charge in [0.05, 0.1) is 34.2 Å². The number of hydrogen-bond donors (Lipinski definition) is 0. The monoisotopic (exact) mass is 518 g/mol. The molecular formula is C36H30N4. The number of likely N-dealkylation sites (N-methyl/N-ethyl adjacent to an activating group) is 1. The molecule has 0 bridgehead atoms. The van der Waals surface area contributed by atoms with E-state index in [1.54, 1.807) is 0 Å². The fraction of sp³-hybridized carbons (Fsp3) is 0.194. The van der Waals surface area contributed by atoms with E-state index in [9.17, 15) is 0 Å². The fourth-order valence-corrected chi connectivity index (χ4v) is 6.56. The lowest BCUT2D eigenvalue weighted by atomic mass is 9.82. The number of aryl methyl sites for hydroxylation is 1. The zero-order chi connectivity index (χ0) is 26.8. The maximum atomic E-state index is 5.30. The molecule has 0 N–H and O–H groups in total. The van der Waals surface area contributed by atoms with Crippen LogP contribution in [-0.2, 0) is 6.42 Å². The molecule has 0 amide bonds. The highest BCUT2D eigenvalue weighted by Crippen LogP contribution is 2.42. The van der Waals surface area contributed by atoms with Crippen molar-refractivity contribution in [2.75, 3.05) is 7.05 Å². The van der Waals surface area contributed by atoms with Gasteiger partial charge >= 0.3 is 0 Å². The third kappa shape index (κ3) is 3.75. The van der Waals surface area contributed by atoms with Crippen LogP contribution >= 0.6 is 0 Å². The quantitative estimate of drug-likeness (QED) is 0.171. The molecule has 4 heterocycles. The molecule has 2 aliphatic rings. The number of fused-ring (bicyclic) bond motifs is 7. The first-order valence-corrected chi connectivity index (χ1v) is 14.2. The summed E-state index contributed by atoms with van der Waals surface area (Å²) in [7, 11) is 2.25. The SMILES string of the molecule is C[C@H]1CC=C2CCc3ccc(-c4ccc5ccc(-c6ccc7ccc8cccnc8c7n6)cc5c4)nc3C2N1C. The van der Waals surface area contributed by atoms with Crippen molar-refractivity contribution >= 4 is 32.6 Å². The Labute approximate surface area is 234 Å². The molecule has 1 unspecified atom stereocenters. The number of nitrogens with zero attached hydrogens (tertiary/aromatic N) is 4. The highest BCUT2D eigenvalue weighted by atomic mass is 15.2. The van der Waals surface area contributed by atoms with Crippen molar-refractivity contribution in [2.24, 2.45) is 0 Å². The van der Waals surface area contributed by atoms with Crippen LogP contribution in [0.1, 0.15) is 37.1 Å². The van der Waals surface area contributed by atoms with Crippen LogP contribution in [0.5, 0.6) is 0 Å². The van der Waals surface area contributed by atoms with Gasteiger partial charge in [-0.05, 0) is 79.9 Å². The van der Waals surface area contributed by atoms with E-state index in [4.69, 9.17) is 9.97 Å². The Morgan fingerprint density at radius 2 is 1.40 bits per heavy atom. The first kappa shape index (κ1) is 23.5. The summed E-state index contributed by atoms with van der Waals surface area (Å²) >= 11 is 0. The zero-order valence-electron chi connectivity index (χ0n) is 22.8. The Morgan fingerprint density at radius 3 is 2.23 bits per heavy atom. The topological polar surface area (TPSA) is 41.9 Å². The molecule has 0 saturated carbocycles. The van der Waals surface area contributed by atoms with Crippen LogP contribution in [0.3, 0.4) is 0 Å². The second kappa shape index (κ2) is 9.07. The number of pyridine rings is 3. The molecule has 8 rings (SSSR count). The Balaban J connectivity index is 1.21. The third-order valence-corrected chi connectivity index (χ3v) is 8.99. The normalized spacial score (nSPS) is 19.0. The number of aromatic nitrogens is 3. The van der Waals surface area contributed by atoms with Gasteiger partial charge in [-0.25, -0.2) is 4.98 Å². The maximum absolute atomic E-state index is 5.30. The zero-order valence-corrected chi connectivity index (χ0v) is 22.8. The summed E-state index contributed by atoms with van der Waals surface area (Å²) in [6.07, 6.45) is 7.65. The van der Waals surface area contributed by atoms with Gasteiger partial charge in [0.1, 0.15) is 0 Å². The van der Waals surface area contributed by atoms with Gasteiger partial charge < -0.3 is 0 Å². The average Bonchev–Trinajstić information content (AvgIpc) is 3.01. The highest BCUT2D eigenvalue weighted by molar-refractivity contribution is 6.03. The largest absolute Gasteiger partial charge is 0.291 e. The molecule has 2 atom stereocenters. The standard InChI is InChI=1S/C36H30N4/c1-22-5-6-27-12-11-26-16-18-32(39-35(26)36(27)40(22)2)29-14-8-23-7-13-28(20-30(23)21-29)31-17-15-25-10-9-24-4-3-19-37-33(24)34(25)38-31/h3-4,6-10,13-22,36H,5,11-12H2,1-2H3/t22-,36?/m0/s1. The molecule has 0 spiro atoms. The molecule has 0 saturated heterocycles. The van der Waals surface area contributed by atoms with Crippen LogP contribution < -0.4 is 0 Å². The van der Waals surface area contributed by atoms with Crippen LogP contribution in [0.25, 0.3) is 55.1 Å². The van der Waals surface area contributed by atoms with Crippen LogP contribution in [0, 0.1) is 0 Å². The Hall–Kier alpha value is -4.41. The van der Waals surface area contributed by atoms with Gasteiger partial charge in [0.25, 0.3) is 0 Å². The Bertz CT molecular complexity index is 1990. The van der Waals surface area contributed by atoms with Crippen molar-refractivity contribution < 1.29 is 0 Å². The molecular weight excluding hydrogens is 488 g/mol. The molecule has 0 fully saturated rings. The molecule has 4 heteroatoms. The molecule has 1 aliphatic carbocycles. The minimum atomic E-state index is 0.295. The summed E-state index contributed by atoms with van der Waals surface area (Å²) in [4.78, 5) is 17.5. The van der Waals surface area contributed by atoms with Crippen molar-refractivity contribution in [3.63, 3.8) is 0 Å². The number of benzene rings is 3. The number of rotatable bonds is 2. The molecule has 0 radical (unpaired) electrons. The van der Waals surface area contributed by atoms with Gasteiger partial charge in [-0.2, -0.15) is 0 Å². The molecule has 4 nitrogen and oxygen atoms in total. The fourth-order valence-electron chi connectivity index (χ4n) is 6.56. The molecule has 3 aromatic carbocycles. The summed E-state index contributed by atoms with van der Waals surface area (Å²) in [5.74, 6) is 0. The first-order chi connectivity index (χ1) is 19.6. The van der Waals surface area contributed by atoms with E-state index in [0.29, 0.717) is 12.1 Å². The molecule has 194 valence electrons. The van der Waals surface area contributed by atoms with E-state index in [1.807, 2.05) is 12.3 Å². The van der Waals surface area contributed by atoms with Gasteiger partial charge in [0.2, 0.25) is 0 Å². The van der Waals surface area contributed by atoms with Crippen LogP contribution in [-0.4, -0.2) is 32.9 Å². The van der Waals surface area contributed by atoms with Gasteiger partial charge in [0, 0.05) is 34.1 Å². The van der Waals surface area contributed by atoms with E-state index in [0.717, 1.165) is 63.6 Å². The van der Waals surface area contributed by atoms with Gasteiger partial charge in [-0.1, -0.05) is 66.2 Å². The lowest BCUT2D eigenvalue weighted by molar-refractivity contribution is 0.184. The van der Waals surface area contributed by atoms with E-state index in [-0.39, 0.29) is 0 Å². The molecule has 1 aliphatic heterocycles. The summed E-state index contributed by atoms with van der Waals surface area (Å²) in [6, 6.07) is 31.2. The number of hydrogen-bond acceptors (Lipinski definition) is 4. The second-order valence-corrected chi connectivity index (χ2v) is 11.4. The molecule has 40 heavy (non-hydrogen) atoms. The second-order valence-electron chi connectivity index (χ2n) is 11.4. The summed E-state index contributed by atoms with van der Waals surface area (Å²) in [5, 5.41) is 4.62. The van der Waals surface area contributed by atoms with Gasteiger partial charge in [-0.3, -0.25) is 14.9 Å². The summed E-state index contributed by atoms with van der Waals surface area (Å²) in [5.41, 5.74) is 10.3. The van der Waals surface area contributed by atoms with Crippen LogP contribution in [0.4, 0.5) is 0 Å². The minimum Gasteiger partial charge on any atom is -0.291 e. The molecule has 6 aromatic rings. The van der Waals surface area contributed by atoms with E-state index >= 15 is 0 Å². The highest BCUT2D eigenvalue weighted by Gasteiger charge is 2.34. The predicted octanol–water partition coefficient (Wildman–Crippen LogP) is 8.30. The van der Waals surface area contributed by atoms with Crippen molar-refractivity contribution in [2.45, 2.75) is 38.3 Å². The maximum Gasteiger partial charge on any atom is 0.0972 e. The molecule has 3 aromatic heterocycles. The van der Waals surface area contributed by atoms with E-state index < -0.39 is 0 Å².